The van der Waals surface area contributed by atoms with Crippen LogP contribution in [0.5, 0.6) is 0 Å². The van der Waals surface area contributed by atoms with Crippen molar-refractivity contribution in [3.8, 4) is 27.9 Å². The minimum absolute atomic E-state index is 0.0272. The van der Waals surface area contributed by atoms with Crippen molar-refractivity contribution in [1.29, 1.82) is 0 Å². The van der Waals surface area contributed by atoms with Crippen LogP contribution >= 0.6 is 0 Å². The van der Waals surface area contributed by atoms with Gasteiger partial charge in [0.25, 0.3) is 0 Å². The van der Waals surface area contributed by atoms with Gasteiger partial charge >= 0.3 is 0 Å². The number of nitrogens with zero attached hydrogens (tertiary/aromatic N) is 2. The van der Waals surface area contributed by atoms with Crippen LogP contribution in [0.25, 0.3) is 60.5 Å². The predicted octanol–water partition coefficient (Wildman–Crippen LogP) is 20.4. The zero-order valence-corrected chi connectivity index (χ0v) is 45.6. The van der Waals surface area contributed by atoms with Crippen LogP contribution in [-0.2, 0) is 23.7 Å². The maximum absolute atomic E-state index is 2.58. The summed E-state index contributed by atoms with van der Waals surface area (Å²) in [5, 5.41) is 4.89. The second kappa shape index (κ2) is 19.9. The highest BCUT2D eigenvalue weighted by atomic mass is 15.2. The molecule has 10 aromatic carbocycles. The van der Waals surface area contributed by atoms with Crippen molar-refractivity contribution in [1.82, 2.24) is 4.57 Å². The summed E-state index contributed by atoms with van der Waals surface area (Å²) in [4.78, 5) is 2.58. The molecule has 0 amide bonds. The molecule has 0 N–H and O–H groups in total. The minimum atomic E-state index is -0.147. The minimum Gasteiger partial charge on any atom is -0.309 e. The Kier molecular flexibility index (Phi) is 12.8. The molecule has 2 unspecified atom stereocenters. The Morgan fingerprint density at radius 2 is 1.06 bits per heavy atom. The summed E-state index contributed by atoms with van der Waals surface area (Å²) < 4.78 is 2.44. The van der Waals surface area contributed by atoms with Gasteiger partial charge in [0.2, 0.25) is 0 Å². The predicted molar refractivity (Wildman–Crippen MR) is 330 cm³/mol. The molecule has 1 heterocycles. The first-order valence-corrected chi connectivity index (χ1v) is 27.5. The summed E-state index contributed by atoms with van der Waals surface area (Å²) in [6, 6.07) is 86.3. The third-order valence-electron chi connectivity index (χ3n) is 16.2. The Morgan fingerprint density at radius 1 is 0.481 bits per heavy atom. The van der Waals surface area contributed by atoms with E-state index in [-0.39, 0.29) is 22.2 Å². The van der Waals surface area contributed by atoms with Crippen LogP contribution in [-0.4, -0.2) is 4.57 Å². The van der Waals surface area contributed by atoms with E-state index in [2.05, 4.69) is 313 Å². The smallest absolute Gasteiger partial charge is 0.0562 e. The van der Waals surface area contributed by atoms with Gasteiger partial charge in [0.1, 0.15) is 0 Å². The molecule has 0 saturated heterocycles. The molecule has 1 aliphatic carbocycles. The highest BCUT2D eigenvalue weighted by Crippen LogP contribution is 2.51. The van der Waals surface area contributed by atoms with Gasteiger partial charge in [-0.05, 0) is 133 Å². The largest absolute Gasteiger partial charge is 0.309 e. The lowest BCUT2D eigenvalue weighted by molar-refractivity contribution is 0.373. The number of allylic oxidation sites excluding steroid dienone is 4. The van der Waals surface area contributed by atoms with E-state index in [0.29, 0.717) is 0 Å². The molecule has 0 radical (unpaired) electrons. The van der Waals surface area contributed by atoms with Gasteiger partial charge in [0.15, 0.2) is 0 Å². The van der Waals surface area contributed by atoms with Crippen LogP contribution < -0.4 is 4.90 Å². The fraction of sp³-hybridized carbons (Fsp3) is 0.173. The molecule has 0 saturated carbocycles. The number of fused-ring (bicyclic) bond motifs is 4. The molecule has 77 heavy (non-hydrogen) atoms. The first kappa shape index (κ1) is 49.4. The van der Waals surface area contributed by atoms with Crippen molar-refractivity contribution in [3.05, 3.63) is 288 Å². The number of hydrogen-bond acceptors (Lipinski definition) is 1. The van der Waals surface area contributed by atoms with Gasteiger partial charge in [0, 0.05) is 39.0 Å². The van der Waals surface area contributed by atoms with Crippen LogP contribution in [0.3, 0.4) is 0 Å². The van der Waals surface area contributed by atoms with E-state index < -0.39 is 0 Å². The molecule has 1 aliphatic rings. The monoisotopic (exact) mass is 997 g/mol. The Bertz CT molecular complexity index is 3970. The van der Waals surface area contributed by atoms with Crippen molar-refractivity contribution < 1.29 is 0 Å². The molecule has 1 aromatic heterocycles. The molecule has 2 nitrogen and oxygen atoms in total. The van der Waals surface area contributed by atoms with Crippen molar-refractivity contribution in [2.24, 2.45) is 5.41 Å². The number of rotatable bonds is 11. The van der Waals surface area contributed by atoms with Gasteiger partial charge in [-0.1, -0.05) is 255 Å². The van der Waals surface area contributed by atoms with Gasteiger partial charge < -0.3 is 9.47 Å². The van der Waals surface area contributed by atoms with Crippen molar-refractivity contribution >= 4 is 49.6 Å². The Morgan fingerprint density at radius 3 is 1.78 bits per heavy atom. The number of aromatic nitrogens is 1. The summed E-state index contributed by atoms with van der Waals surface area (Å²) in [6.45, 7) is 16.4. The van der Waals surface area contributed by atoms with Crippen LogP contribution in [0.15, 0.2) is 255 Å². The molecular weight excluding hydrogens is 929 g/mol. The molecular formula is C75H68N2. The average Bonchev–Trinajstić information content (AvgIpc) is 4.03. The zero-order chi connectivity index (χ0) is 52.9. The van der Waals surface area contributed by atoms with Crippen molar-refractivity contribution in [2.75, 3.05) is 4.90 Å². The van der Waals surface area contributed by atoms with Gasteiger partial charge in [-0.2, -0.15) is 0 Å². The molecule has 11 aromatic rings. The van der Waals surface area contributed by atoms with Gasteiger partial charge in [-0.15, -0.1) is 0 Å². The van der Waals surface area contributed by atoms with Gasteiger partial charge in [0.05, 0.1) is 22.4 Å². The molecule has 12 rings (SSSR count). The quantitative estimate of drug-likeness (QED) is 0.125. The third-order valence-corrected chi connectivity index (χ3v) is 16.2. The van der Waals surface area contributed by atoms with E-state index >= 15 is 0 Å². The molecule has 0 fully saturated rings. The number of benzene rings is 10. The van der Waals surface area contributed by atoms with E-state index in [1.54, 1.807) is 0 Å². The van der Waals surface area contributed by atoms with E-state index in [1.165, 1.54) is 82.7 Å². The van der Waals surface area contributed by atoms with Crippen LogP contribution in [0, 0.1) is 5.41 Å². The van der Waals surface area contributed by atoms with Crippen molar-refractivity contribution in [2.45, 2.75) is 78.1 Å². The summed E-state index contributed by atoms with van der Waals surface area (Å²) >= 11 is 0. The molecule has 378 valence electrons. The summed E-state index contributed by atoms with van der Waals surface area (Å²) in [7, 11) is 0. The fourth-order valence-electron chi connectivity index (χ4n) is 12.2. The van der Waals surface area contributed by atoms with E-state index in [4.69, 9.17) is 0 Å². The number of anilines is 3. The number of para-hydroxylation sites is 3. The van der Waals surface area contributed by atoms with Crippen molar-refractivity contribution in [3.63, 3.8) is 0 Å². The summed E-state index contributed by atoms with van der Waals surface area (Å²) in [5.74, 6) is 0.151. The van der Waals surface area contributed by atoms with Crippen LogP contribution in [0.2, 0.25) is 0 Å². The van der Waals surface area contributed by atoms with Crippen LogP contribution in [0.1, 0.15) is 87.8 Å². The van der Waals surface area contributed by atoms with E-state index in [0.717, 1.165) is 41.1 Å². The Labute approximate surface area is 456 Å². The molecule has 0 spiro atoms. The SMILES string of the molecule is CC(C)(C)c1cc(-c2cccc3cccc(-c4ccccc4N(c4ccc(C5C=CC=CC5(C)Cc5ccccc5)c(Cc5ccccc5)c4)c4cccc5c4c4ccccc4n5-c4ccccc4)c23)cc(C(C)(C)C)c1. The summed E-state index contributed by atoms with van der Waals surface area (Å²) in [5.41, 5.74) is 19.5. The molecule has 0 aliphatic heterocycles. The molecule has 2 atom stereocenters. The maximum atomic E-state index is 2.58. The average molecular weight is 997 g/mol. The lowest BCUT2D eigenvalue weighted by Crippen LogP contribution is -2.27. The Hall–Kier alpha value is -8.46. The lowest BCUT2D eigenvalue weighted by Gasteiger charge is -2.38. The number of hydrogen-bond donors (Lipinski definition) is 0. The first-order valence-electron chi connectivity index (χ1n) is 27.5. The topological polar surface area (TPSA) is 8.17 Å². The molecule has 0 bridgehead atoms. The molecule has 2 heteroatoms. The Balaban J connectivity index is 1.13. The lowest BCUT2D eigenvalue weighted by atomic mass is 9.67. The third kappa shape index (κ3) is 9.42. The van der Waals surface area contributed by atoms with Gasteiger partial charge in [-0.25, -0.2) is 0 Å². The maximum Gasteiger partial charge on any atom is 0.0562 e. The standard InChI is InChI=1S/C75H68N2/c1-73(2,3)57-47-56(48-58(50-57)74(4,5)6)62-36-23-30-54-31-24-37-64(71(54)62)63-34-17-19-39-67(63)77(70-42-25-41-69-72(70)65-35-18-20-40-68(65)76(69)59-32-15-10-16-33-59)60-43-44-61(55(49-60)46-52-26-11-8-12-27-52)66-38-21-22-45-75(66,7)51-53-28-13-9-14-29-53/h8-45,47-50,66H,46,51H2,1-7H3. The van der Waals surface area contributed by atoms with E-state index in [9.17, 15) is 0 Å². The normalized spacial score (nSPS) is 15.6. The second-order valence-corrected chi connectivity index (χ2v) is 23.7. The summed E-state index contributed by atoms with van der Waals surface area (Å²) in [6.07, 6.45) is 11.1. The zero-order valence-electron chi connectivity index (χ0n) is 45.6. The fourth-order valence-corrected chi connectivity index (χ4v) is 12.2. The van der Waals surface area contributed by atoms with Crippen LogP contribution in [0.4, 0.5) is 17.1 Å². The van der Waals surface area contributed by atoms with E-state index in [1.807, 2.05) is 0 Å². The van der Waals surface area contributed by atoms with Gasteiger partial charge in [-0.3, -0.25) is 0 Å². The highest BCUT2D eigenvalue weighted by molar-refractivity contribution is 6.17. The second-order valence-electron chi connectivity index (χ2n) is 23.7. The highest BCUT2D eigenvalue weighted by Gasteiger charge is 2.35. The first-order chi connectivity index (χ1) is 37.3.